The van der Waals surface area contributed by atoms with Crippen LogP contribution in [0.1, 0.15) is 24.0 Å². The summed E-state index contributed by atoms with van der Waals surface area (Å²) in [6.07, 6.45) is 2.85. The Balaban J connectivity index is 1.48. The van der Waals surface area contributed by atoms with E-state index in [4.69, 9.17) is 0 Å². The van der Waals surface area contributed by atoms with Gasteiger partial charge in [-0.25, -0.2) is 8.42 Å². The van der Waals surface area contributed by atoms with Crippen LogP contribution in [0.5, 0.6) is 0 Å². The Morgan fingerprint density at radius 1 is 0.941 bits per heavy atom. The van der Waals surface area contributed by atoms with Gasteiger partial charge >= 0.3 is 0 Å². The third kappa shape index (κ3) is 5.88. The summed E-state index contributed by atoms with van der Waals surface area (Å²) in [5.41, 5.74) is 2.76. The maximum Gasteiger partial charge on any atom is 0.264 e. The van der Waals surface area contributed by atoms with E-state index in [1.165, 1.54) is 9.87 Å². The lowest BCUT2D eigenvalue weighted by Crippen LogP contribution is -2.46. The summed E-state index contributed by atoms with van der Waals surface area (Å²) in [5.74, 6) is 0.363. The lowest BCUT2D eigenvalue weighted by atomic mass is 9.90. The van der Waals surface area contributed by atoms with E-state index in [1.54, 1.807) is 53.4 Å². The summed E-state index contributed by atoms with van der Waals surface area (Å²) in [6, 6.07) is 24.1. The first kappa shape index (κ1) is 24.5. The molecule has 3 aromatic rings. The molecule has 0 aliphatic carbocycles. The summed E-state index contributed by atoms with van der Waals surface area (Å²) in [4.78, 5) is 15.2. The Bertz CT molecular complexity index is 1200. The molecule has 7 heteroatoms. The van der Waals surface area contributed by atoms with Crippen LogP contribution >= 0.6 is 15.9 Å². The van der Waals surface area contributed by atoms with Crippen LogP contribution in [0.4, 0.5) is 5.69 Å². The van der Waals surface area contributed by atoms with Crippen molar-refractivity contribution in [2.24, 2.45) is 5.92 Å². The van der Waals surface area contributed by atoms with Gasteiger partial charge in [-0.3, -0.25) is 9.10 Å². The number of amides is 1. The molecule has 0 unspecified atom stereocenters. The number of aryl methyl sites for hydroxylation is 1. The van der Waals surface area contributed by atoms with Crippen molar-refractivity contribution < 1.29 is 13.2 Å². The molecule has 4 rings (SSSR count). The molecule has 0 spiro atoms. The van der Waals surface area contributed by atoms with Crippen molar-refractivity contribution in [3.05, 3.63) is 94.5 Å². The Kier molecular flexibility index (Phi) is 7.73. The first-order valence-electron chi connectivity index (χ1n) is 11.5. The Morgan fingerprint density at radius 2 is 1.56 bits per heavy atom. The molecule has 5 nitrogen and oxygen atoms in total. The van der Waals surface area contributed by atoms with Crippen LogP contribution in [0.15, 0.2) is 88.2 Å². The van der Waals surface area contributed by atoms with Crippen molar-refractivity contribution in [3.63, 3.8) is 0 Å². The number of likely N-dealkylation sites (tertiary alicyclic amines) is 1. The van der Waals surface area contributed by atoms with E-state index in [2.05, 4.69) is 40.2 Å². The van der Waals surface area contributed by atoms with Crippen molar-refractivity contribution in [2.75, 3.05) is 23.9 Å². The van der Waals surface area contributed by atoms with Gasteiger partial charge in [0, 0.05) is 17.6 Å². The number of carbonyl (C=O) groups is 1. The van der Waals surface area contributed by atoms with Gasteiger partial charge in [0.2, 0.25) is 5.91 Å². The zero-order chi connectivity index (χ0) is 24.1. The maximum atomic E-state index is 13.5. The van der Waals surface area contributed by atoms with Gasteiger partial charge in [-0.2, -0.15) is 0 Å². The summed E-state index contributed by atoms with van der Waals surface area (Å²) < 4.78 is 29.2. The number of rotatable bonds is 7. The molecule has 178 valence electrons. The van der Waals surface area contributed by atoms with Crippen molar-refractivity contribution in [2.45, 2.75) is 31.1 Å². The average Bonchev–Trinajstić information content (AvgIpc) is 2.84. The monoisotopic (exact) mass is 540 g/mol. The average molecular weight is 542 g/mol. The van der Waals surface area contributed by atoms with E-state index in [0.717, 1.165) is 29.3 Å². The number of piperidine rings is 1. The fourth-order valence-corrected chi connectivity index (χ4v) is 6.00. The molecular weight excluding hydrogens is 512 g/mol. The second-order valence-electron chi connectivity index (χ2n) is 8.82. The highest BCUT2D eigenvalue weighted by atomic mass is 79.9. The van der Waals surface area contributed by atoms with E-state index >= 15 is 0 Å². The number of halogens is 1. The minimum absolute atomic E-state index is 0.170. The van der Waals surface area contributed by atoms with E-state index in [9.17, 15) is 13.2 Å². The van der Waals surface area contributed by atoms with Crippen molar-refractivity contribution in [3.8, 4) is 0 Å². The third-order valence-corrected chi connectivity index (χ3v) is 8.65. The molecule has 3 aromatic carbocycles. The number of hydrogen-bond acceptors (Lipinski definition) is 3. The number of nitrogens with zero attached hydrogens (tertiary/aromatic N) is 2. The molecule has 1 aliphatic heterocycles. The Hall–Kier alpha value is -2.64. The van der Waals surface area contributed by atoms with Crippen LogP contribution in [0, 0.1) is 12.8 Å². The second-order valence-corrected chi connectivity index (χ2v) is 11.6. The molecule has 34 heavy (non-hydrogen) atoms. The van der Waals surface area contributed by atoms with Crippen molar-refractivity contribution >= 4 is 37.5 Å². The summed E-state index contributed by atoms with van der Waals surface area (Å²) >= 11 is 3.40. The van der Waals surface area contributed by atoms with Gasteiger partial charge in [-0.15, -0.1) is 0 Å². The minimum atomic E-state index is -3.90. The molecule has 1 saturated heterocycles. The van der Waals surface area contributed by atoms with Gasteiger partial charge in [-0.1, -0.05) is 64.0 Å². The largest absolute Gasteiger partial charge is 0.341 e. The number of benzene rings is 3. The second kappa shape index (κ2) is 10.7. The zero-order valence-electron chi connectivity index (χ0n) is 19.2. The fourth-order valence-electron chi connectivity index (χ4n) is 4.32. The van der Waals surface area contributed by atoms with Crippen LogP contribution in [0.25, 0.3) is 0 Å². The minimum Gasteiger partial charge on any atom is -0.341 e. The van der Waals surface area contributed by atoms with Crippen LogP contribution in [-0.2, 0) is 21.2 Å². The molecule has 0 N–H and O–H groups in total. The van der Waals surface area contributed by atoms with Gasteiger partial charge in [0.15, 0.2) is 0 Å². The van der Waals surface area contributed by atoms with Crippen LogP contribution in [-0.4, -0.2) is 38.9 Å². The van der Waals surface area contributed by atoms with Crippen LogP contribution < -0.4 is 4.31 Å². The lowest BCUT2D eigenvalue weighted by Gasteiger charge is -2.34. The van der Waals surface area contributed by atoms with E-state index in [1.807, 2.05) is 13.0 Å². The number of sulfonamides is 1. The van der Waals surface area contributed by atoms with Crippen molar-refractivity contribution in [1.82, 2.24) is 4.90 Å². The number of anilines is 1. The SMILES string of the molecule is Cc1ccc(S(=O)(=O)N(CC(=O)N2CCC(Cc3ccccc3)CC2)c2ccc(Br)cc2)cc1. The van der Waals surface area contributed by atoms with Gasteiger partial charge in [-0.05, 0) is 74.1 Å². The zero-order valence-corrected chi connectivity index (χ0v) is 21.6. The predicted octanol–water partition coefficient (Wildman–Crippen LogP) is 5.43. The highest BCUT2D eigenvalue weighted by Gasteiger charge is 2.30. The third-order valence-electron chi connectivity index (χ3n) is 6.34. The van der Waals surface area contributed by atoms with Crippen LogP contribution in [0.2, 0.25) is 0 Å². The van der Waals surface area contributed by atoms with E-state index in [-0.39, 0.29) is 17.3 Å². The van der Waals surface area contributed by atoms with Gasteiger partial charge in [0.1, 0.15) is 6.54 Å². The lowest BCUT2D eigenvalue weighted by molar-refractivity contribution is -0.130. The highest BCUT2D eigenvalue weighted by molar-refractivity contribution is 9.10. The van der Waals surface area contributed by atoms with Crippen LogP contribution in [0.3, 0.4) is 0 Å². The Morgan fingerprint density at radius 3 is 2.18 bits per heavy atom. The highest BCUT2D eigenvalue weighted by Crippen LogP contribution is 2.27. The number of carbonyl (C=O) groups excluding carboxylic acids is 1. The quantitative estimate of drug-likeness (QED) is 0.401. The molecule has 1 amide bonds. The van der Waals surface area contributed by atoms with Gasteiger partial charge in [0.25, 0.3) is 10.0 Å². The fraction of sp³-hybridized carbons (Fsp3) is 0.296. The van der Waals surface area contributed by atoms with Crippen molar-refractivity contribution in [1.29, 1.82) is 0 Å². The summed E-state index contributed by atoms with van der Waals surface area (Å²) in [6.45, 7) is 2.99. The van der Waals surface area contributed by atoms with Gasteiger partial charge in [0.05, 0.1) is 10.6 Å². The molecular formula is C27H29BrN2O3S. The van der Waals surface area contributed by atoms with E-state index < -0.39 is 10.0 Å². The smallest absolute Gasteiger partial charge is 0.264 e. The summed E-state index contributed by atoms with van der Waals surface area (Å²) in [7, 11) is -3.90. The molecule has 1 aliphatic rings. The Labute approximate surface area is 210 Å². The van der Waals surface area contributed by atoms with E-state index in [0.29, 0.717) is 24.7 Å². The molecule has 1 fully saturated rings. The predicted molar refractivity (Wildman–Crippen MR) is 139 cm³/mol. The molecule has 0 atom stereocenters. The van der Waals surface area contributed by atoms with Gasteiger partial charge < -0.3 is 4.90 Å². The standard InChI is InChI=1S/C27H29BrN2O3S/c1-21-7-13-26(14-8-21)34(32,33)30(25-11-9-24(28)10-12-25)20-27(31)29-17-15-23(16-18-29)19-22-5-3-2-4-6-22/h2-14,23H,15-20H2,1H3. The molecule has 1 heterocycles. The molecule has 0 bridgehead atoms. The first-order chi connectivity index (χ1) is 16.3. The number of hydrogen-bond donors (Lipinski definition) is 0. The first-order valence-corrected chi connectivity index (χ1v) is 13.7. The summed E-state index contributed by atoms with van der Waals surface area (Å²) in [5, 5.41) is 0. The molecule has 0 aromatic heterocycles. The molecule has 0 radical (unpaired) electrons. The molecule has 0 saturated carbocycles. The maximum absolute atomic E-state index is 13.5. The topological polar surface area (TPSA) is 57.7 Å². The normalized spacial score (nSPS) is 14.7.